The van der Waals surface area contributed by atoms with E-state index in [4.69, 9.17) is 22.1 Å². The number of benzene rings is 1. The van der Waals surface area contributed by atoms with E-state index in [1.165, 1.54) is 0 Å². The van der Waals surface area contributed by atoms with E-state index in [2.05, 4.69) is 11.9 Å². The van der Waals surface area contributed by atoms with Crippen LogP contribution in [0.4, 0.5) is 5.69 Å². The van der Waals surface area contributed by atoms with Gasteiger partial charge in [-0.15, -0.1) is 11.6 Å². The predicted molar refractivity (Wildman–Crippen MR) is 68.8 cm³/mol. The molecule has 4 heteroatoms. The Morgan fingerprint density at radius 3 is 3.00 bits per heavy atom. The van der Waals surface area contributed by atoms with Crippen LogP contribution in [0.2, 0.25) is 0 Å². The van der Waals surface area contributed by atoms with Crippen molar-refractivity contribution in [3.05, 3.63) is 24.3 Å². The molecule has 0 spiro atoms. The number of unbranched alkanes of at least 4 members (excludes halogenated alkanes) is 1. The van der Waals surface area contributed by atoms with Crippen LogP contribution in [-0.4, -0.2) is 18.3 Å². The fraction of sp³-hybridized carbons (Fsp3) is 0.417. The molecule has 0 bridgehead atoms. The molecule has 0 heterocycles. The lowest BCUT2D eigenvalue weighted by Gasteiger charge is -2.05. The molecule has 0 aliphatic carbocycles. The molecule has 1 aromatic rings. The zero-order valence-electron chi connectivity index (χ0n) is 9.45. The molecule has 0 saturated heterocycles. The highest BCUT2D eigenvalue weighted by atomic mass is 35.5. The van der Waals surface area contributed by atoms with Gasteiger partial charge in [-0.25, -0.2) is 4.99 Å². The van der Waals surface area contributed by atoms with Gasteiger partial charge < -0.3 is 10.5 Å². The Bertz CT molecular complexity index is 353. The third-order valence-corrected chi connectivity index (χ3v) is 2.27. The van der Waals surface area contributed by atoms with Crippen molar-refractivity contribution in [2.24, 2.45) is 10.7 Å². The summed E-state index contributed by atoms with van der Waals surface area (Å²) in [5, 5.41) is 0. The van der Waals surface area contributed by atoms with Gasteiger partial charge in [0.05, 0.1) is 18.2 Å². The van der Waals surface area contributed by atoms with E-state index in [0.717, 1.165) is 30.9 Å². The number of rotatable bonds is 6. The van der Waals surface area contributed by atoms with Gasteiger partial charge in [0.2, 0.25) is 0 Å². The van der Waals surface area contributed by atoms with E-state index in [0.29, 0.717) is 5.84 Å². The SMILES string of the molecule is CCCCOc1cccc(N=C(N)CCl)c1. The van der Waals surface area contributed by atoms with Crippen LogP contribution >= 0.6 is 11.6 Å². The number of nitrogens with two attached hydrogens (primary N) is 1. The summed E-state index contributed by atoms with van der Waals surface area (Å²) in [5.41, 5.74) is 6.32. The third-order valence-electron chi connectivity index (χ3n) is 1.99. The summed E-state index contributed by atoms with van der Waals surface area (Å²) in [7, 11) is 0. The van der Waals surface area contributed by atoms with Gasteiger partial charge in [-0.3, -0.25) is 0 Å². The van der Waals surface area contributed by atoms with E-state index in [-0.39, 0.29) is 5.88 Å². The number of hydrogen-bond acceptors (Lipinski definition) is 2. The molecule has 0 aliphatic heterocycles. The molecule has 0 radical (unpaired) electrons. The first-order valence-corrected chi connectivity index (χ1v) is 5.91. The highest BCUT2D eigenvalue weighted by molar-refractivity contribution is 6.28. The number of aliphatic imine (C=N–C) groups is 1. The average Bonchev–Trinajstić information content (AvgIpc) is 2.30. The molecule has 16 heavy (non-hydrogen) atoms. The van der Waals surface area contributed by atoms with Gasteiger partial charge in [0.1, 0.15) is 11.6 Å². The second kappa shape index (κ2) is 7.12. The number of ether oxygens (including phenoxy) is 1. The summed E-state index contributed by atoms with van der Waals surface area (Å²) in [5.74, 6) is 1.46. The van der Waals surface area contributed by atoms with Crippen LogP contribution in [0.3, 0.4) is 0 Å². The van der Waals surface area contributed by atoms with Gasteiger partial charge in [-0.2, -0.15) is 0 Å². The maximum absolute atomic E-state index is 5.56. The summed E-state index contributed by atoms with van der Waals surface area (Å²) < 4.78 is 5.56. The van der Waals surface area contributed by atoms with E-state index >= 15 is 0 Å². The number of amidine groups is 1. The number of alkyl halides is 1. The molecule has 3 nitrogen and oxygen atoms in total. The maximum atomic E-state index is 5.56. The normalized spacial score (nSPS) is 11.5. The van der Waals surface area contributed by atoms with Crippen molar-refractivity contribution in [3.63, 3.8) is 0 Å². The Labute approximate surface area is 101 Å². The van der Waals surface area contributed by atoms with Crippen LogP contribution in [0, 0.1) is 0 Å². The molecular weight excluding hydrogens is 224 g/mol. The number of hydrogen-bond donors (Lipinski definition) is 1. The summed E-state index contributed by atoms with van der Waals surface area (Å²) >= 11 is 5.56. The third kappa shape index (κ3) is 4.53. The molecule has 0 amide bonds. The standard InChI is InChI=1S/C12H17ClN2O/c1-2-3-7-16-11-6-4-5-10(8-11)15-12(14)9-13/h4-6,8H,2-3,7,9H2,1H3,(H2,14,15). The first-order chi connectivity index (χ1) is 7.76. The lowest BCUT2D eigenvalue weighted by atomic mass is 10.3. The lowest BCUT2D eigenvalue weighted by molar-refractivity contribution is 0.309. The van der Waals surface area contributed by atoms with Gasteiger partial charge in [0.15, 0.2) is 0 Å². The highest BCUT2D eigenvalue weighted by Gasteiger charge is 1.96. The van der Waals surface area contributed by atoms with E-state index in [1.54, 1.807) is 0 Å². The van der Waals surface area contributed by atoms with E-state index < -0.39 is 0 Å². The van der Waals surface area contributed by atoms with E-state index in [1.807, 2.05) is 24.3 Å². The molecular formula is C12H17ClN2O. The van der Waals surface area contributed by atoms with Crippen molar-refractivity contribution in [2.45, 2.75) is 19.8 Å². The topological polar surface area (TPSA) is 47.6 Å². The Hall–Kier alpha value is -1.22. The summed E-state index contributed by atoms with van der Waals surface area (Å²) in [6, 6.07) is 7.52. The molecule has 0 saturated carbocycles. The minimum atomic E-state index is 0.237. The van der Waals surface area contributed by atoms with Gasteiger partial charge in [-0.1, -0.05) is 19.4 Å². The van der Waals surface area contributed by atoms with Crippen molar-refractivity contribution in [2.75, 3.05) is 12.5 Å². The fourth-order valence-electron chi connectivity index (χ4n) is 1.17. The van der Waals surface area contributed by atoms with Crippen molar-refractivity contribution in [1.29, 1.82) is 0 Å². The Morgan fingerprint density at radius 2 is 2.31 bits per heavy atom. The van der Waals surface area contributed by atoms with Gasteiger partial charge in [0.25, 0.3) is 0 Å². The van der Waals surface area contributed by atoms with Crippen molar-refractivity contribution >= 4 is 23.1 Å². The molecule has 0 aromatic heterocycles. The summed E-state index contributed by atoms with van der Waals surface area (Å²) in [6.45, 7) is 2.86. The molecule has 88 valence electrons. The molecule has 0 atom stereocenters. The number of nitrogens with zero attached hydrogens (tertiary/aromatic N) is 1. The smallest absolute Gasteiger partial charge is 0.121 e. The van der Waals surface area contributed by atoms with Gasteiger partial charge >= 0.3 is 0 Å². The molecule has 0 unspecified atom stereocenters. The lowest BCUT2D eigenvalue weighted by Crippen LogP contribution is -2.12. The highest BCUT2D eigenvalue weighted by Crippen LogP contribution is 2.20. The molecule has 2 N–H and O–H groups in total. The largest absolute Gasteiger partial charge is 0.494 e. The number of halogens is 1. The van der Waals surface area contributed by atoms with Gasteiger partial charge in [0, 0.05) is 6.07 Å². The van der Waals surface area contributed by atoms with Crippen LogP contribution in [0.15, 0.2) is 29.3 Å². The van der Waals surface area contributed by atoms with Crippen molar-refractivity contribution < 1.29 is 4.74 Å². The molecule has 0 aliphatic rings. The minimum Gasteiger partial charge on any atom is -0.494 e. The molecule has 0 fully saturated rings. The summed E-state index contributed by atoms with van der Waals surface area (Å²) in [6.07, 6.45) is 2.17. The Balaban J connectivity index is 2.64. The zero-order chi connectivity index (χ0) is 11.8. The quantitative estimate of drug-likeness (QED) is 0.360. The fourth-order valence-corrected chi connectivity index (χ4v) is 1.23. The second-order valence-electron chi connectivity index (χ2n) is 3.44. The van der Waals surface area contributed by atoms with Crippen LogP contribution < -0.4 is 10.5 Å². The van der Waals surface area contributed by atoms with Crippen LogP contribution in [0.25, 0.3) is 0 Å². The minimum absolute atomic E-state index is 0.237. The Morgan fingerprint density at radius 1 is 1.50 bits per heavy atom. The predicted octanol–water partition coefficient (Wildman–Crippen LogP) is 3.09. The van der Waals surface area contributed by atoms with Crippen LogP contribution in [-0.2, 0) is 0 Å². The summed E-state index contributed by atoms with van der Waals surface area (Å²) in [4.78, 5) is 4.15. The second-order valence-corrected chi connectivity index (χ2v) is 3.70. The van der Waals surface area contributed by atoms with Crippen molar-refractivity contribution in [1.82, 2.24) is 0 Å². The van der Waals surface area contributed by atoms with Crippen LogP contribution in [0.1, 0.15) is 19.8 Å². The first-order valence-electron chi connectivity index (χ1n) is 5.38. The Kier molecular flexibility index (Phi) is 5.72. The van der Waals surface area contributed by atoms with Gasteiger partial charge in [-0.05, 0) is 18.6 Å². The molecule has 1 aromatic carbocycles. The van der Waals surface area contributed by atoms with E-state index in [9.17, 15) is 0 Å². The monoisotopic (exact) mass is 240 g/mol. The first kappa shape index (κ1) is 12.8. The maximum Gasteiger partial charge on any atom is 0.121 e. The zero-order valence-corrected chi connectivity index (χ0v) is 10.2. The van der Waals surface area contributed by atoms with Crippen molar-refractivity contribution in [3.8, 4) is 5.75 Å². The molecule has 1 rings (SSSR count). The van der Waals surface area contributed by atoms with Crippen LogP contribution in [0.5, 0.6) is 5.75 Å². The average molecular weight is 241 g/mol.